The average molecular weight is 215 g/mol. The van der Waals surface area contributed by atoms with Crippen molar-refractivity contribution < 1.29 is 4.74 Å². The van der Waals surface area contributed by atoms with E-state index in [0.717, 1.165) is 25.9 Å². The monoisotopic (exact) mass is 215 g/mol. The lowest BCUT2D eigenvalue weighted by atomic mass is 9.99. The molecule has 0 rings (SSSR count). The first-order valence-corrected chi connectivity index (χ1v) is 6.30. The van der Waals surface area contributed by atoms with Gasteiger partial charge in [-0.25, -0.2) is 0 Å². The molecule has 0 spiro atoms. The van der Waals surface area contributed by atoms with Gasteiger partial charge in [0.2, 0.25) is 0 Å². The van der Waals surface area contributed by atoms with E-state index in [0.29, 0.717) is 0 Å². The highest BCUT2D eigenvalue weighted by atomic mass is 16.5. The summed E-state index contributed by atoms with van der Waals surface area (Å²) in [7, 11) is 0. The van der Waals surface area contributed by atoms with E-state index in [9.17, 15) is 0 Å². The molecule has 0 saturated carbocycles. The van der Waals surface area contributed by atoms with Crippen LogP contribution in [0.25, 0.3) is 0 Å². The van der Waals surface area contributed by atoms with Gasteiger partial charge in [-0.2, -0.15) is 0 Å². The van der Waals surface area contributed by atoms with Gasteiger partial charge in [0.05, 0.1) is 11.2 Å². The maximum atomic E-state index is 6.21. The molecule has 0 fully saturated rings. The Labute approximate surface area is 95.8 Å². The Morgan fingerprint density at radius 2 is 1.60 bits per heavy atom. The molecule has 0 aromatic heterocycles. The minimum Gasteiger partial charge on any atom is -0.368 e. The molecule has 2 nitrogen and oxygen atoms in total. The third kappa shape index (κ3) is 6.16. The Kier molecular flexibility index (Phi) is 6.46. The fourth-order valence-corrected chi connectivity index (χ4v) is 1.50. The highest BCUT2D eigenvalue weighted by Gasteiger charge is 2.30. The van der Waals surface area contributed by atoms with E-state index in [-0.39, 0.29) is 11.2 Å². The molecule has 0 radical (unpaired) electrons. The second-order valence-corrected chi connectivity index (χ2v) is 5.20. The van der Waals surface area contributed by atoms with Crippen LogP contribution in [0.2, 0.25) is 0 Å². The molecule has 0 heterocycles. The number of nitrogens with one attached hydrogen (secondary N) is 1. The summed E-state index contributed by atoms with van der Waals surface area (Å²) in [6.45, 7) is 15.1. The smallest absolute Gasteiger partial charge is 0.0782 e. The maximum absolute atomic E-state index is 6.21. The SMILES string of the molecule is CCCNCC(C)(CC)OC(C)(C)CC. The van der Waals surface area contributed by atoms with E-state index in [1.807, 2.05) is 0 Å². The number of hydrogen-bond donors (Lipinski definition) is 1. The molecule has 0 aliphatic carbocycles. The molecule has 0 saturated heterocycles. The van der Waals surface area contributed by atoms with Gasteiger partial charge >= 0.3 is 0 Å². The minimum absolute atomic E-state index is 0.0152. The standard InChI is InChI=1S/C13H29NO/c1-7-10-14-11-13(6,9-3)15-12(4,5)8-2/h14H,7-11H2,1-6H3. The predicted molar refractivity (Wildman–Crippen MR) is 67.3 cm³/mol. The van der Waals surface area contributed by atoms with Crippen LogP contribution in [0.5, 0.6) is 0 Å². The fourth-order valence-electron chi connectivity index (χ4n) is 1.50. The van der Waals surface area contributed by atoms with E-state index < -0.39 is 0 Å². The summed E-state index contributed by atoms with van der Waals surface area (Å²) in [5.74, 6) is 0. The van der Waals surface area contributed by atoms with Gasteiger partial charge in [-0.05, 0) is 46.6 Å². The zero-order chi connectivity index (χ0) is 11.9. The molecule has 0 aromatic rings. The lowest BCUT2D eigenvalue weighted by molar-refractivity contribution is -0.132. The van der Waals surface area contributed by atoms with Crippen LogP contribution >= 0.6 is 0 Å². The van der Waals surface area contributed by atoms with Gasteiger partial charge in [0.15, 0.2) is 0 Å². The minimum atomic E-state index is -0.0331. The zero-order valence-corrected chi connectivity index (χ0v) is 11.4. The van der Waals surface area contributed by atoms with Crippen LogP contribution in [0, 0.1) is 0 Å². The van der Waals surface area contributed by atoms with Crippen molar-refractivity contribution in [2.75, 3.05) is 13.1 Å². The summed E-state index contributed by atoms with van der Waals surface area (Å²) in [5, 5.41) is 3.45. The third-order valence-electron chi connectivity index (χ3n) is 3.05. The van der Waals surface area contributed by atoms with Crippen molar-refractivity contribution in [3.05, 3.63) is 0 Å². The molecule has 0 aromatic carbocycles. The molecular formula is C13H29NO. The van der Waals surface area contributed by atoms with Gasteiger partial charge in [0.25, 0.3) is 0 Å². The van der Waals surface area contributed by atoms with Gasteiger partial charge in [-0.1, -0.05) is 20.8 Å². The van der Waals surface area contributed by atoms with Crippen molar-refractivity contribution in [2.24, 2.45) is 0 Å². The third-order valence-corrected chi connectivity index (χ3v) is 3.05. The second kappa shape index (κ2) is 6.49. The summed E-state index contributed by atoms with van der Waals surface area (Å²) in [6, 6.07) is 0. The fraction of sp³-hybridized carbons (Fsp3) is 1.00. The molecular weight excluding hydrogens is 186 g/mol. The van der Waals surface area contributed by atoms with Crippen LogP contribution in [-0.4, -0.2) is 24.3 Å². The van der Waals surface area contributed by atoms with Crippen LogP contribution < -0.4 is 5.32 Å². The van der Waals surface area contributed by atoms with Crippen molar-refractivity contribution in [3.8, 4) is 0 Å². The molecule has 15 heavy (non-hydrogen) atoms. The van der Waals surface area contributed by atoms with Crippen LogP contribution in [0.15, 0.2) is 0 Å². The second-order valence-electron chi connectivity index (χ2n) is 5.20. The normalized spacial score (nSPS) is 16.4. The Morgan fingerprint density at radius 3 is 2.00 bits per heavy atom. The number of ether oxygens (including phenoxy) is 1. The van der Waals surface area contributed by atoms with Gasteiger partial charge in [-0.3, -0.25) is 0 Å². The average Bonchev–Trinajstić information content (AvgIpc) is 2.18. The summed E-state index contributed by atoms with van der Waals surface area (Å²) < 4.78 is 6.21. The molecule has 1 unspecified atom stereocenters. The van der Waals surface area contributed by atoms with Crippen molar-refractivity contribution in [1.29, 1.82) is 0 Å². The molecule has 0 bridgehead atoms. The molecule has 1 N–H and O–H groups in total. The summed E-state index contributed by atoms with van der Waals surface area (Å²) >= 11 is 0. The van der Waals surface area contributed by atoms with Crippen molar-refractivity contribution >= 4 is 0 Å². The summed E-state index contributed by atoms with van der Waals surface area (Å²) in [4.78, 5) is 0. The lowest BCUT2D eigenvalue weighted by Crippen LogP contribution is -2.45. The first kappa shape index (κ1) is 14.9. The van der Waals surface area contributed by atoms with Gasteiger partial charge in [0, 0.05) is 6.54 Å². The highest BCUT2D eigenvalue weighted by molar-refractivity contribution is 4.81. The topological polar surface area (TPSA) is 21.3 Å². The predicted octanol–water partition coefficient (Wildman–Crippen LogP) is 3.36. The van der Waals surface area contributed by atoms with Crippen LogP contribution in [0.4, 0.5) is 0 Å². The van der Waals surface area contributed by atoms with Crippen molar-refractivity contribution in [3.63, 3.8) is 0 Å². The molecule has 0 aliphatic heterocycles. The maximum Gasteiger partial charge on any atom is 0.0782 e. The van der Waals surface area contributed by atoms with Gasteiger partial charge in [-0.15, -0.1) is 0 Å². The first-order valence-electron chi connectivity index (χ1n) is 6.30. The van der Waals surface area contributed by atoms with Crippen LogP contribution in [-0.2, 0) is 4.74 Å². The van der Waals surface area contributed by atoms with E-state index in [4.69, 9.17) is 4.74 Å². The molecule has 1 atom stereocenters. The largest absolute Gasteiger partial charge is 0.368 e. The Balaban J connectivity index is 4.17. The number of hydrogen-bond acceptors (Lipinski definition) is 2. The number of rotatable bonds is 8. The lowest BCUT2D eigenvalue weighted by Gasteiger charge is -2.38. The van der Waals surface area contributed by atoms with E-state index in [1.165, 1.54) is 6.42 Å². The molecule has 2 heteroatoms. The quantitative estimate of drug-likeness (QED) is 0.627. The van der Waals surface area contributed by atoms with Crippen LogP contribution in [0.1, 0.15) is 60.8 Å². The van der Waals surface area contributed by atoms with Gasteiger partial charge in [0.1, 0.15) is 0 Å². The van der Waals surface area contributed by atoms with E-state index in [1.54, 1.807) is 0 Å². The van der Waals surface area contributed by atoms with Crippen molar-refractivity contribution in [2.45, 2.75) is 72.0 Å². The molecule has 92 valence electrons. The Bertz CT molecular complexity index is 168. The zero-order valence-electron chi connectivity index (χ0n) is 11.4. The van der Waals surface area contributed by atoms with Gasteiger partial charge < -0.3 is 10.1 Å². The van der Waals surface area contributed by atoms with Crippen molar-refractivity contribution in [1.82, 2.24) is 5.32 Å². The Morgan fingerprint density at radius 1 is 1.00 bits per heavy atom. The van der Waals surface area contributed by atoms with E-state index >= 15 is 0 Å². The molecule has 0 aliphatic rings. The summed E-state index contributed by atoms with van der Waals surface area (Å²) in [6.07, 6.45) is 3.28. The Hall–Kier alpha value is -0.0800. The van der Waals surface area contributed by atoms with E-state index in [2.05, 4.69) is 46.9 Å². The van der Waals surface area contributed by atoms with Crippen LogP contribution in [0.3, 0.4) is 0 Å². The summed E-state index contributed by atoms with van der Waals surface area (Å²) in [5.41, 5.74) is -0.0483. The first-order chi connectivity index (χ1) is 6.89. The molecule has 0 amide bonds. The highest BCUT2D eigenvalue weighted by Crippen LogP contribution is 2.25.